The molecule has 0 spiro atoms. The summed E-state index contributed by atoms with van der Waals surface area (Å²) in [6, 6.07) is 2.12. The summed E-state index contributed by atoms with van der Waals surface area (Å²) in [5.74, 6) is 2.67. The number of nitrogens with zero attached hydrogens (tertiary/aromatic N) is 8. The maximum atomic E-state index is 11.1. The van der Waals surface area contributed by atoms with Gasteiger partial charge in [-0.2, -0.15) is 30.5 Å². The fourth-order valence-electron chi connectivity index (χ4n) is 5.79. The van der Waals surface area contributed by atoms with Crippen LogP contribution in [0.5, 0.6) is 5.88 Å². The molecule has 50 heavy (non-hydrogen) atoms. The highest BCUT2D eigenvalue weighted by Crippen LogP contribution is 2.37. The summed E-state index contributed by atoms with van der Waals surface area (Å²) in [5, 5.41) is 10.6. The fraction of sp³-hybridized carbons (Fsp3) is 0.576. The lowest BCUT2D eigenvalue weighted by Gasteiger charge is -2.29. The minimum atomic E-state index is -1.67. The number of aryl methyl sites for hydroxylation is 2. The monoisotopic (exact) mass is 953 g/mol. The van der Waals surface area contributed by atoms with Crippen molar-refractivity contribution >= 4 is 82.7 Å². The number of nitrogens with two attached hydrogens (primary N) is 1. The third-order valence-corrected chi connectivity index (χ3v) is 9.56. The van der Waals surface area contributed by atoms with Crippen LogP contribution in [0.4, 0.5) is 3.52 Å². The maximum absolute atomic E-state index is 11.1. The Hall–Kier alpha value is -1.39. The topological polar surface area (TPSA) is 121 Å². The van der Waals surface area contributed by atoms with Crippen molar-refractivity contribution in [2.24, 2.45) is 17.8 Å². The van der Waals surface area contributed by atoms with Gasteiger partial charge in [-0.25, -0.2) is 9.13 Å². The van der Waals surface area contributed by atoms with E-state index in [4.69, 9.17) is 35.0 Å². The number of rotatable bonds is 6. The van der Waals surface area contributed by atoms with E-state index in [1.807, 2.05) is 77.8 Å². The van der Waals surface area contributed by atoms with Crippen molar-refractivity contribution in [3.8, 4) is 17.1 Å². The third-order valence-electron chi connectivity index (χ3n) is 7.69. The molecule has 3 atom stereocenters. The molecule has 276 valence electrons. The number of aliphatic imine (C=N–C) groups is 1. The molecule has 0 aliphatic carbocycles. The minimum Gasteiger partial charge on any atom is -0.479 e. The molecule has 2 aliphatic heterocycles. The van der Waals surface area contributed by atoms with E-state index in [0.717, 1.165) is 77.7 Å². The van der Waals surface area contributed by atoms with E-state index < -0.39 is 11.3 Å². The number of allylic oxidation sites excluding steroid dienone is 1. The number of likely N-dealkylation sites (N-methyl/N-ethyl adjacent to an activating group) is 1. The van der Waals surface area contributed by atoms with Crippen molar-refractivity contribution in [1.82, 2.24) is 34.1 Å². The molecule has 2 aliphatic rings. The van der Waals surface area contributed by atoms with Crippen LogP contribution in [0, 0.1) is 6.92 Å². The number of aromatic nitrogens is 5. The molecule has 2 N–H and O–H groups in total. The number of pyridine rings is 1. The van der Waals surface area contributed by atoms with Gasteiger partial charge < -0.3 is 23.5 Å². The molecule has 5 rings (SSSR count). The zero-order valence-electron chi connectivity index (χ0n) is 30.7. The summed E-state index contributed by atoms with van der Waals surface area (Å²) in [7, 11) is 3.98. The lowest BCUT2D eigenvalue weighted by molar-refractivity contribution is 0.0361. The molecule has 1 saturated heterocycles. The predicted octanol–water partition coefficient (Wildman–Crippen LogP) is 6.56. The first-order valence-electron chi connectivity index (χ1n) is 17.0. The quantitative estimate of drug-likeness (QED) is 0.127. The van der Waals surface area contributed by atoms with Gasteiger partial charge in [0.2, 0.25) is 5.88 Å². The highest BCUT2D eigenvalue weighted by molar-refractivity contribution is 14.2. The lowest BCUT2D eigenvalue weighted by atomic mass is 10.1. The normalized spacial score (nSPS) is 20.6. The smallest absolute Gasteiger partial charge is 0.479 e. The number of hydrogen-bond acceptors (Lipinski definition) is 10. The molecule has 2 bridgehead atoms. The molecule has 0 radical (unpaired) electrons. The van der Waals surface area contributed by atoms with Crippen LogP contribution < -0.4 is 10.5 Å². The van der Waals surface area contributed by atoms with Crippen LogP contribution in [0.3, 0.4) is 0 Å². The Bertz CT molecular complexity index is 1630. The third kappa shape index (κ3) is 12.1. The number of halogens is 3. The number of morpholine rings is 1. The first kappa shape index (κ1) is 43.0. The van der Waals surface area contributed by atoms with Crippen molar-refractivity contribution in [1.29, 1.82) is 0 Å². The number of fused-ring (bicyclic) bond motifs is 3. The molecule has 0 aromatic carbocycles. The van der Waals surface area contributed by atoms with Gasteiger partial charge in [0.05, 0.1) is 77.9 Å². The van der Waals surface area contributed by atoms with Gasteiger partial charge in [0.15, 0.2) is 5.88 Å². The first-order valence-corrected chi connectivity index (χ1v) is 26.8. The Labute approximate surface area is 327 Å². The SMILES string of the molecule is CC.CCO/C(N)=C1\C=C\c2nn(PI)c3cnc(cc23)-c2c(C)nn(C)c2OC(C)CN(C)CC1=NC(C)CN1CCOCC1.[CH3][Al]([F])[I]. The largest absolute Gasteiger partial charge is 0.594 e. The second kappa shape index (κ2) is 21.3. The molecule has 17 heteroatoms. The Balaban J connectivity index is 0.00000105. The molecule has 1 fully saturated rings. The van der Waals surface area contributed by atoms with Gasteiger partial charge in [0, 0.05) is 45.2 Å². The summed E-state index contributed by atoms with van der Waals surface area (Å²) >= 11 is 2.49. The van der Waals surface area contributed by atoms with E-state index in [-0.39, 0.29) is 12.1 Å². The van der Waals surface area contributed by atoms with Gasteiger partial charge in [-0.3, -0.25) is 19.8 Å². The number of ether oxygens (including phenoxy) is 3. The second-order valence-corrected chi connectivity index (χ2v) is 20.1. The van der Waals surface area contributed by atoms with Crippen LogP contribution >= 0.6 is 48.7 Å². The zero-order chi connectivity index (χ0) is 37.0. The highest BCUT2D eigenvalue weighted by atomic mass is 127. The van der Waals surface area contributed by atoms with E-state index >= 15 is 0 Å². The average molecular weight is 954 g/mol. The van der Waals surface area contributed by atoms with Gasteiger partial charge in [-0.05, 0) is 75.0 Å². The Morgan fingerprint density at radius 2 is 1.92 bits per heavy atom. The summed E-state index contributed by atoms with van der Waals surface area (Å²) < 4.78 is 32.9. The lowest BCUT2D eigenvalue weighted by Crippen LogP contribution is -2.40. The molecule has 3 aromatic heterocycles. The Morgan fingerprint density at radius 3 is 2.56 bits per heavy atom. The van der Waals surface area contributed by atoms with Crippen molar-refractivity contribution in [2.45, 2.75) is 59.5 Å². The number of hydrogen-bond donors (Lipinski definition) is 1. The molecule has 3 unspecified atom stereocenters. The minimum absolute atomic E-state index is 0.0407. The van der Waals surface area contributed by atoms with E-state index in [1.54, 1.807) is 10.5 Å². The van der Waals surface area contributed by atoms with Crippen molar-refractivity contribution in [2.75, 3.05) is 59.6 Å². The van der Waals surface area contributed by atoms with E-state index in [2.05, 4.69) is 63.9 Å². The standard InChI is InChI=1S/C30H43IN9O3P.C2H6.CH3.Al.FH.HI/c1-7-42-29(32)22-8-9-24-23-14-25(33-15-27(23)40(36-24)44-31)28-21(4)35-38(6)30(28)43-20(3)17-37(5)18-26(22)34-19(2)16-39-10-12-41-13-11-39;1-2;;;;/h8-9,14-15,19-20,44H,7,10-13,16-18,32H2,1-6H3;1-2H3;1H3;;2*1H/q;;;+2;;/p-2/b9-8+,29-22+,34-26?;;;;;. The van der Waals surface area contributed by atoms with Gasteiger partial charge in [0.1, 0.15) is 6.10 Å². The highest BCUT2D eigenvalue weighted by Gasteiger charge is 2.24. The van der Waals surface area contributed by atoms with Crippen LogP contribution in [0.1, 0.15) is 46.0 Å². The van der Waals surface area contributed by atoms with Gasteiger partial charge in [-0.15, -0.1) is 0 Å². The molecular formula is C33H52AlFI2N9O3P. The summed E-state index contributed by atoms with van der Waals surface area (Å²) in [5.41, 5.74) is 12.6. The second-order valence-electron chi connectivity index (χ2n) is 11.9. The van der Waals surface area contributed by atoms with Crippen LogP contribution in [0.15, 0.2) is 34.8 Å². The molecule has 3 aromatic rings. The molecule has 0 saturated carbocycles. The maximum Gasteiger partial charge on any atom is 0.594 e. The molecular weight excluding hydrogens is 901 g/mol. The van der Waals surface area contributed by atoms with E-state index in [0.29, 0.717) is 37.8 Å². The van der Waals surface area contributed by atoms with Crippen LogP contribution in [0.25, 0.3) is 28.2 Å². The molecule has 12 nitrogen and oxygen atoms in total. The van der Waals surface area contributed by atoms with Crippen molar-refractivity contribution in [3.05, 3.63) is 41.2 Å². The van der Waals surface area contributed by atoms with Gasteiger partial charge in [-0.1, -0.05) is 19.6 Å². The van der Waals surface area contributed by atoms with E-state index in [9.17, 15) is 3.52 Å². The first-order chi connectivity index (χ1) is 23.9. The van der Waals surface area contributed by atoms with Crippen LogP contribution in [0.2, 0.25) is 5.79 Å². The Morgan fingerprint density at radius 1 is 1.24 bits per heavy atom. The van der Waals surface area contributed by atoms with Gasteiger partial charge >= 0.3 is 11.3 Å². The van der Waals surface area contributed by atoms with Crippen molar-refractivity contribution < 1.29 is 17.7 Å². The van der Waals surface area contributed by atoms with Crippen molar-refractivity contribution in [3.63, 3.8) is 0 Å². The van der Waals surface area contributed by atoms with Gasteiger partial charge in [0.25, 0.3) is 0 Å². The summed E-state index contributed by atoms with van der Waals surface area (Å²) in [6.07, 6.45) is 6.18. The average Bonchev–Trinajstić information content (AvgIpc) is 3.56. The Kier molecular flexibility index (Phi) is 18.4. The summed E-state index contributed by atoms with van der Waals surface area (Å²) in [6.45, 7) is 18.0. The molecule has 5 heterocycles. The van der Waals surface area contributed by atoms with Crippen LogP contribution in [-0.4, -0.2) is 123 Å². The predicted molar refractivity (Wildman–Crippen MR) is 224 cm³/mol. The van der Waals surface area contributed by atoms with Crippen LogP contribution in [-0.2, 0) is 16.5 Å². The van der Waals surface area contributed by atoms with E-state index in [1.165, 1.54) is 0 Å². The summed E-state index contributed by atoms with van der Waals surface area (Å²) in [4.78, 5) is 14.7. The molecule has 0 amide bonds. The zero-order valence-corrected chi connectivity index (χ0v) is 37.2. The fourth-order valence-corrected chi connectivity index (χ4v) is 7.31.